The van der Waals surface area contributed by atoms with E-state index in [-0.39, 0.29) is 0 Å². The van der Waals surface area contributed by atoms with Crippen LogP contribution in [-0.2, 0) is 4.79 Å². The van der Waals surface area contributed by atoms with E-state index in [2.05, 4.69) is 4.99 Å². The van der Waals surface area contributed by atoms with Gasteiger partial charge < -0.3 is 0 Å². The molecule has 0 saturated carbocycles. The van der Waals surface area contributed by atoms with Crippen LogP contribution in [-0.4, -0.2) is 12.2 Å². The number of nitrogens with zero attached hydrogens (tertiary/aromatic N) is 1. The van der Waals surface area contributed by atoms with Crippen molar-refractivity contribution in [3.8, 4) is 0 Å². The lowest BCUT2D eigenvalue weighted by atomic mass is 10.1. The van der Waals surface area contributed by atoms with Gasteiger partial charge in [-0.25, -0.2) is 13.6 Å². The Labute approximate surface area is 103 Å². The molecule has 90 valence electrons. The SMILES string of the molecule is O=C=C1CC=CC=C1N=Cc1ccc(F)c(F)c1. The third-order valence-electron chi connectivity index (χ3n) is 2.44. The fourth-order valence-corrected chi connectivity index (χ4v) is 1.50. The van der Waals surface area contributed by atoms with E-state index in [1.165, 1.54) is 12.3 Å². The average molecular weight is 245 g/mol. The van der Waals surface area contributed by atoms with Gasteiger partial charge in [0.1, 0.15) is 5.94 Å². The van der Waals surface area contributed by atoms with Gasteiger partial charge >= 0.3 is 0 Å². The molecule has 0 radical (unpaired) electrons. The molecule has 0 unspecified atom stereocenters. The van der Waals surface area contributed by atoms with E-state index in [0.717, 1.165) is 12.1 Å². The van der Waals surface area contributed by atoms with Crippen molar-refractivity contribution in [3.63, 3.8) is 0 Å². The summed E-state index contributed by atoms with van der Waals surface area (Å²) in [6.45, 7) is 0. The normalized spacial score (nSPS) is 14.8. The Morgan fingerprint density at radius 1 is 1.28 bits per heavy atom. The Morgan fingerprint density at radius 2 is 2.11 bits per heavy atom. The summed E-state index contributed by atoms with van der Waals surface area (Å²) in [5.41, 5.74) is 1.35. The van der Waals surface area contributed by atoms with Crippen molar-refractivity contribution in [2.75, 3.05) is 0 Å². The first-order valence-corrected chi connectivity index (χ1v) is 5.31. The van der Waals surface area contributed by atoms with Gasteiger partial charge in [0, 0.05) is 12.6 Å². The second kappa shape index (κ2) is 5.34. The van der Waals surface area contributed by atoms with E-state index in [4.69, 9.17) is 0 Å². The van der Waals surface area contributed by atoms with Crippen LogP contribution >= 0.6 is 0 Å². The summed E-state index contributed by atoms with van der Waals surface area (Å²) >= 11 is 0. The van der Waals surface area contributed by atoms with Gasteiger partial charge in [0.25, 0.3) is 0 Å². The second-order valence-corrected chi connectivity index (χ2v) is 3.70. The van der Waals surface area contributed by atoms with Gasteiger partial charge in [0.2, 0.25) is 0 Å². The number of hydrogen-bond donors (Lipinski definition) is 0. The van der Waals surface area contributed by atoms with Gasteiger partial charge in [-0.3, -0.25) is 4.99 Å². The standard InChI is InChI=1S/C14H9F2NO/c15-12-6-5-10(7-13(12)16)8-17-14-4-2-1-3-11(14)9-18/h1-2,4-8H,3H2. The highest BCUT2D eigenvalue weighted by Gasteiger charge is 2.06. The van der Waals surface area contributed by atoms with E-state index >= 15 is 0 Å². The van der Waals surface area contributed by atoms with Crippen LogP contribution in [0.25, 0.3) is 0 Å². The number of aliphatic imine (C=N–C) groups is 1. The summed E-state index contributed by atoms with van der Waals surface area (Å²) < 4.78 is 25.7. The van der Waals surface area contributed by atoms with Crippen LogP contribution < -0.4 is 0 Å². The highest BCUT2D eigenvalue weighted by Crippen LogP contribution is 2.18. The molecule has 0 aromatic heterocycles. The molecule has 18 heavy (non-hydrogen) atoms. The van der Waals surface area contributed by atoms with Crippen molar-refractivity contribution in [2.45, 2.75) is 6.42 Å². The van der Waals surface area contributed by atoms with Crippen LogP contribution in [0.4, 0.5) is 8.78 Å². The van der Waals surface area contributed by atoms with Crippen molar-refractivity contribution in [1.29, 1.82) is 0 Å². The predicted octanol–water partition coefficient (Wildman–Crippen LogP) is 2.99. The topological polar surface area (TPSA) is 29.4 Å². The zero-order valence-electron chi connectivity index (χ0n) is 9.36. The van der Waals surface area contributed by atoms with Crippen molar-refractivity contribution in [3.05, 3.63) is 64.9 Å². The minimum atomic E-state index is -0.928. The van der Waals surface area contributed by atoms with Gasteiger partial charge in [-0.2, -0.15) is 0 Å². The smallest absolute Gasteiger partial charge is 0.159 e. The highest BCUT2D eigenvalue weighted by atomic mass is 19.2. The summed E-state index contributed by atoms with van der Waals surface area (Å²) in [7, 11) is 0. The van der Waals surface area contributed by atoms with Gasteiger partial charge in [-0.05, 0) is 23.8 Å². The summed E-state index contributed by atoms with van der Waals surface area (Å²) in [5, 5.41) is 0. The molecule has 2 nitrogen and oxygen atoms in total. The van der Waals surface area contributed by atoms with Crippen LogP contribution in [0.2, 0.25) is 0 Å². The van der Waals surface area contributed by atoms with Gasteiger partial charge in [-0.1, -0.05) is 18.2 Å². The molecular formula is C14H9F2NO. The molecule has 0 N–H and O–H groups in total. The molecule has 0 aliphatic heterocycles. The molecule has 0 spiro atoms. The van der Waals surface area contributed by atoms with Crippen LogP contribution in [0.1, 0.15) is 12.0 Å². The first kappa shape index (κ1) is 12.1. The summed E-state index contributed by atoms with van der Waals surface area (Å²) in [4.78, 5) is 14.7. The van der Waals surface area contributed by atoms with Crippen LogP contribution in [0, 0.1) is 11.6 Å². The largest absolute Gasteiger partial charge is 0.255 e. The van der Waals surface area contributed by atoms with Crippen molar-refractivity contribution < 1.29 is 13.6 Å². The zero-order valence-corrected chi connectivity index (χ0v) is 9.36. The Bertz CT molecular complexity index is 608. The molecule has 2 rings (SSSR count). The quantitative estimate of drug-likeness (QED) is 0.581. The lowest BCUT2D eigenvalue weighted by molar-refractivity contribution is 0.508. The van der Waals surface area contributed by atoms with Crippen LogP contribution in [0.3, 0.4) is 0 Å². The van der Waals surface area contributed by atoms with E-state index in [1.54, 1.807) is 12.2 Å². The Balaban J connectivity index is 2.25. The maximum Gasteiger partial charge on any atom is 0.159 e. The van der Waals surface area contributed by atoms with Gasteiger partial charge in [-0.15, -0.1) is 0 Å². The Hall–Kier alpha value is -2.32. The molecule has 0 saturated heterocycles. The number of carbonyl (C=O) groups excluding carboxylic acids is 1. The summed E-state index contributed by atoms with van der Waals surface area (Å²) in [6.07, 6.45) is 7.12. The minimum Gasteiger partial charge on any atom is -0.255 e. The van der Waals surface area contributed by atoms with E-state index < -0.39 is 11.6 Å². The molecule has 1 aromatic carbocycles. The number of halogens is 2. The number of hydrogen-bond acceptors (Lipinski definition) is 2. The monoisotopic (exact) mass is 245 g/mol. The fourth-order valence-electron chi connectivity index (χ4n) is 1.50. The Morgan fingerprint density at radius 3 is 2.83 bits per heavy atom. The molecule has 1 aromatic rings. The number of rotatable bonds is 2. The second-order valence-electron chi connectivity index (χ2n) is 3.70. The summed E-state index contributed by atoms with van der Waals surface area (Å²) in [5.74, 6) is -0.0204. The molecular weight excluding hydrogens is 236 g/mol. The fraction of sp³-hybridized carbons (Fsp3) is 0.0714. The molecule has 0 bridgehead atoms. The molecule has 0 fully saturated rings. The van der Waals surface area contributed by atoms with Crippen LogP contribution in [0.15, 0.2) is 52.7 Å². The van der Waals surface area contributed by atoms with E-state index in [9.17, 15) is 13.6 Å². The third kappa shape index (κ3) is 2.67. The zero-order chi connectivity index (χ0) is 13.0. The average Bonchev–Trinajstić information content (AvgIpc) is 2.40. The first-order valence-electron chi connectivity index (χ1n) is 5.31. The molecule has 1 aliphatic carbocycles. The molecule has 1 aliphatic rings. The molecule has 0 atom stereocenters. The maximum atomic E-state index is 13.0. The maximum absolute atomic E-state index is 13.0. The summed E-state index contributed by atoms with van der Waals surface area (Å²) in [6, 6.07) is 3.48. The van der Waals surface area contributed by atoms with Crippen molar-refractivity contribution in [2.24, 2.45) is 4.99 Å². The molecule has 4 heteroatoms. The van der Waals surface area contributed by atoms with Crippen LogP contribution in [0.5, 0.6) is 0 Å². The van der Waals surface area contributed by atoms with Gasteiger partial charge in [0.05, 0.1) is 11.3 Å². The number of allylic oxidation sites excluding steroid dienone is 4. The van der Waals surface area contributed by atoms with E-state index in [0.29, 0.717) is 23.3 Å². The Kier molecular flexibility index (Phi) is 3.60. The van der Waals surface area contributed by atoms with Gasteiger partial charge in [0.15, 0.2) is 11.6 Å². The highest BCUT2D eigenvalue weighted by molar-refractivity contribution is 5.81. The lowest BCUT2D eigenvalue weighted by Gasteiger charge is -2.04. The molecule has 0 heterocycles. The predicted molar refractivity (Wildman–Crippen MR) is 65.0 cm³/mol. The lowest BCUT2D eigenvalue weighted by Crippen LogP contribution is -1.93. The number of benzene rings is 1. The molecule has 0 amide bonds. The van der Waals surface area contributed by atoms with Crippen molar-refractivity contribution in [1.82, 2.24) is 0 Å². The minimum absolute atomic E-state index is 0.426. The first-order chi connectivity index (χ1) is 8.70. The van der Waals surface area contributed by atoms with Crippen molar-refractivity contribution >= 4 is 12.2 Å². The third-order valence-corrected chi connectivity index (χ3v) is 2.44. The van der Waals surface area contributed by atoms with E-state index in [1.807, 2.05) is 12.0 Å².